The van der Waals surface area contributed by atoms with Crippen molar-refractivity contribution in [2.24, 2.45) is 0 Å². The normalized spacial score (nSPS) is 20.5. The summed E-state index contributed by atoms with van der Waals surface area (Å²) in [6, 6.07) is 5.78. The highest BCUT2D eigenvalue weighted by molar-refractivity contribution is 14.1. The number of hydrogen-bond donors (Lipinski definition) is 2. The summed E-state index contributed by atoms with van der Waals surface area (Å²) in [5.41, 5.74) is 2.43. The Morgan fingerprint density at radius 2 is 2.23 bits per heavy atom. The Labute approximate surface area is 165 Å². The van der Waals surface area contributed by atoms with E-state index in [0.717, 1.165) is 31.1 Å². The van der Waals surface area contributed by atoms with Crippen LogP contribution in [-0.4, -0.2) is 52.6 Å². The van der Waals surface area contributed by atoms with E-state index in [2.05, 4.69) is 48.8 Å². The molecule has 2 aromatic heterocycles. The average Bonchev–Trinajstić information content (AvgIpc) is 2.93. The quantitative estimate of drug-likeness (QED) is 0.571. The minimum atomic E-state index is -0.304. The van der Waals surface area contributed by atoms with Crippen LogP contribution in [0, 0.1) is 3.57 Å². The number of fused-ring (bicyclic) bond motifs is 3. The third kappa shape index (κ3) is 3.19. The van der Waals surface area contributed by atoms with Crippen LogP contribution < -0.4 is 5.32 Å². The van der Waals surface area contributed by atoms with E-state index in [1.807, 2.05) is 33.0 Å². The molecule has 1 saturated heterocycles. The number of hydrogen-bond acceptors (Lipinski definition) is 4. The molecule has 26 heavy (non-hydrogen) atoms. The lowest BCUT2D eigenvalue weighted by Crippen LogP contribution is -2.56. The number of halogens is 1. The molecular formula is C19H21IN4O2. The number of aromatic amines is 1. The molecule has 0 radical (unpaired) electrons. The second kappa shape index (κ2) is 6.47. The molecule has 6 nitrogen and oxygen atoms in total. The van der Waals surface area contributed by atoms with E-state index in [-0.39, 0.29) is 17.6 Å². The van der Waals surface area contributed by atoms with Gasteiger partial charge in [0.15, 0.2) is 0 Å². The molecule has 0 saturated carbocycles. The summed E-state index contributed by atoms with van der Waals surface area (Å²) in [5.74, 6) is -0.0527. The first-order valence-corrected chi connectivity index (χ1v) is 9.62. The second-order valence-electron chi connectivity index (χ2n) is 7.41. The highest BCUT2D eigenvalue weighted by atomic mass is 127. The van der Waals surface area contributed by atoms with Gasteiger partial charge >= 0.3 is 0 Å². The number of anilines is 1. The zero-order valence-electron chi connectivity index (χ0n) is 15.0. The first-order valence-electron chi connectivity index (χ1n) is 8.54. The molecule has 0 unspecified atom stereocenters. The molecular weight excluding hydrogens is 443 g/mol. The number of ether oxygens (including phenoxy) is 1. The SMILES string of the molecule is CN1CC(C)(C)OC[C@H]1C(=O)Nc1cc(I)cc2c1[nH]c1cnccc12. The van der Waals surface area contributed by atoms with Gasteiger partial charge in [0.1, 0.15) is 6.04 Å². The number of aromatic nitrogens is 2. The van der Waals surface area contributed by atoms with Crippen molar-refractivity contribution in [3.05, 3.63) is 34.2 Å². The summed E-state index contributed by atoms with van der Waals surface area (Å²) in [4.78, 5) is 22.5. The third-order valence-electron chi connectivity index (χ3n) is 4.83. The predicted molar refractivity (Wildman–Crippen MR) is 111 cm³/mol. The number of likely N-dealkylation sites (N-methyl/N-ethyl adjacent to an activating group) is 1. The van der Waals surface area contributed by atoms with E-state index in [9.17, 15) is 4.79 Å². The second-order valence-corrected chi connectivity index (χ2v) is 8.66. The number of H-pyrrole nitrogens is 1. The number of morpholine rings is 1. The monoisotopic (exact) mass is 464 g/mol. The van der Waals surface area contributed by atoms with Gasteiger partial charge in [-0.2, -0.15) is 0 Å². The maximum absolute atomic E-state index is 12.9. The van der Waals surface area contributed by atoms with Gasteiger partial charge in [-0.05, 0) is 61.7 Å². The maximum atomic E-state index is 12.9. The lowest BCUT2D eigenvalue weighted by Gasteiger charge is -2.40. The van der Waals surface area contributed by atoms with Crippen LogP contribution >= 0.6 is 22.6 Å². The summed E-state index contributed by atoms with van der Waals surface area (Å²) in [6.07, 6.45) is 3.59. The van der Waals surface area contributed by atoms with E-state index < -0.39 is 0 Å². The Morgan fingerprint density at radius 1 is 1.42 bits per heavy atom. The highest BCUT2D eigenvalue weighted by Crippen LogP contribution is 2.32. The highest BCUT2D eigenvalue weighted by Gasteiger charge is 2.35. The van der Waals surface area contributed by atoms with Crippen LogP contribution in [-0.2, 0) is 9.53 Å². The number of benzene rings is 1. The van der Waals surface area contributed by atoms with Crippen LogP contribution in [0.4, 0.5) is 5.69 Å². The molecule has 136 valence electrons. The van der Waals surface area contributed by atoms with Crippen molar-refractivity contribution in [2.45, 2.75) is 25.5 Å². The Kier molecular flexibility index (Phi) is 4.40. The molecule has 3 heterocycles. The van der Waals surface area contributed by atoms with E-state index in [1.54, 1.807) is 12.4 Å². The number of carbonyl (C=O) groups excluding carboxylic acids is 1. The fraction of sp³-hybridized carbons (Fsp3) is 0.368. The maximum Gasteiger partial charge on any atom is 0.244 e. The predicted octanol–water partition coefficient (Wildman–Crippen LogP) is 3.37. The van der Waals surface area contributed by atoms with Crippen molar-refractivity contribution >= 4 is 56.0 Å². The zero-order valence-corrected chi connectivity index (χ0v) is 17.1. The summed E-state index contributed by atoms with van der Waals surface area (Å²) < 4.78 is 6.91. The zero-order chi connectivity index (χ0) is 18.5. The van der Waals surface area contributed by atoms with Gasteiger partial charge in [-0.25, -0.2) is 0 Å². The van der Waals surface area contributed by atoms with Crippen LogP contribution in [0.25, 0.3) is 21.8 Å². The number of amides is 1. The minimum absolute atomic E-state index is 0.0527. The van der Waals surface area contributed by atoms with Gasteiger partial charge in [-0.1, -0.05) is 0 Å². The van der Waals surface area contributed by atoms with Crippen LogP contribution in [0.3, 0.4) is 0 Å². The smallest absolute Gasteiger partial charge is 0.244 e. The standard InChI is InChI=1S/C19H21IN4O2/c1-19(2)10-24(3)16(9-26-19)18(25)23-14-7-11(20)6-13-12-4-5-21-8-15(12)22-17(13)14/h4-8,16,22H,9-10H2,1-3H3,(H,23,25)/t16-/m0/s1. The van der Waals surface area contributed by atoms with Gasteiger partial charge in [0.05, 0.1) is 35.1 Å². The lowest BCUT2D eigenvalue weighted by molar-refractivity contribution is -0.140. The number of nitrogens with one attached hydrogen (secondary N) is 2. The molecule has 1 atom stereocenters. The van der Waals surface area contributed by atoms with Crippen LogP contribution in [0.15, 0.2) is 30.6 Å². The molecule has 3 aromatic rings. The Bertz CT molecular complexity index is 998. The minimum Gasteiger partial charge on any atom is -0.372 e. The number of nitrogens with zero attached hydrogens (tertiary/aromatic N) is 2. The van der Waals surface area contributed by atoms with Crippen molar-refractivity contribution in [3.63, 3.8) is 0 Å². The van der Waals surface area contributed by atoms with Crippen molar-refractivity contribution in [2.75, 3.05) is 25.5 Å². The molecule has 4 rings (SSSR count). The Balaban J connectivity index is 1.68. The average molecular weight is 464 g/mol. The first-order chi connectivity index (χ1) is 12.3. The van der Waals surface area contributed by atoms with E-state index >= 15 is 0 Å². The van der Waals surface area contributed by atoms with E-state index in [1.165, 1.54) is 0 Å². The molecule has 1 amide bonds. The third-order valence-corrected chi connectivity index (χ3v) is 5.45. The molecule has 1 fully saturated rings. The molecule has 1 aliphatic rings. The van der Waals surface area contributed by atoms with Crippen LogP contribution in [0.2, 0.25) is 0 Å². The number of rotatable bonds is 2. The molecule has 0 spiro atoms. The van der Waals surface area contributed by atoms with Gasteiger partial charge in [0.2, 0.25) is 5.91 Å². The van der Waals surface area contributed by atoms with Gasteiger partial charge < -0.3 is 15.0 Å². The molecule has 1 aliphatic heterocycles. The van der Waals surface area contributed by atoms with E-state index in [0.29, 0.717) is 13.2 Å². The molecule has 7 heteroatoms. The van der Waals surface area contributed by atoms with Crippen molar-refractivity contribution in [1.29, 1.82) is 0 Å². The summed E-state index contributed by atoms with van der Waals surface area (Å²) in [6.45, 7) is 5.18. The lowest BCUT2D eigenvalue weighted by atomic mass is 10.0. The Morgan fingerprint density at radius 3 is 3.00 bits per heavy atom. The van der Waals surface area contributed by atoms with Gasteiger partial charge in [0.25, 0.3) is 0 Å². The van der Waals surface area contributed by atoms with Gasteiger partial charge in [-0.3, -0.25) is 14.7 Å². The van der Waals surface area contributed by atoms with Gasteiger partial charge in [-0.15, -0.1) is 0 Å². The summed E-state index contributed by atoms with van der Waals surface area (Å²) in [7, 11) is 1.97. The Hall–Kier alpha value is -1.71. The van der Waals surface area contributed by atoms with Gasteiger partial charge in [0, 0.05) is 27.1 Å². The van der Waals surface area contributed by atoms with E-state index in [4.69, 9.17) is 4.74 Å². The molecule has 2 N–H and O–H groups in total. The summed E-state index contributed by atoms with van der Waals surface area (Å²) >= 11 is 2.28. The van der Waals surface area contributed by atoms with Crippen molar-refractivity contribution in [1.82, 2.24) is 14.9 Å². The fourth-order valence-electron chi connectivity index (χ4n) is 3.60. The van der Waals surface area contributed by atoms with Crippen molar-refractivity contribution in [3.8, 4) is 0 Å². The number of pyridine rings is 1. The first kappa shape index (κ1) is 17.7. The molecule has 0 aliphatic carbocycles. The molecule has 0 bridgehead atoms. The largest absolute Gasteiger partial charge is 0.372 e. The van der Waals surface area contributed by atoms with Crippen molar-refractivity contribution < 1.29 is 9.53 Å². The fourth-order valence-corrected chi connectivity index (χ4v) is 4.22. The van der Waals surface area contributed by atoms with Crippen LogP contribution in [0.5, 0.6) is 0 Å². The summed E-state index contributed by atoms with van der Waals surface area (Å²) in [5, 5.41) is 5.28. The topological polar surface area (TPSA) is 70.2 Å². The van der Waals surface area contributed by atoms with Crippen LogP contribution in [0.1, 0.15) is 13.8 Å². The number of carbonyl (C=O) groups is 1. The molecule has 1 aromatic carbocycles.